The van der Waals surface area contributed by atoms with Crippen molar-refractivity contribution in [3.63, 3.8) is 0 Å². The minimum atomic E-state index is -4.56. The van der Waals surface area contributed by atoms with Gasteiger partial charge in [-0.3, -0.25) is 9.78 Å². The molecule has 2 aromatic rings. The second-order valence-corrected chi connectivity index (χ2v) is 6.31. The molecular formula is C17H18F3N5O2. The Bertz CT molecular complexity index is 815. The molecule has 27 heavy (non-hydrogen) atoms. The van der Waals surface area contributed by atoms with Crippen LogP contribution in [-0.2, 0) is 6.18 Å². The van der Waals surface area contributed by atoms with E-state index in [9.17, 15) is 23.1 Å². The van der Waals surface area contributed by atoms with Crippen molar-refractivity contribution in [2.45, 2.75) is 31.5 Å². The Balaban J connectivity index is 1.72. The number of pyridine rings is 1. The Morgan fingerprint density at radius 3 is 2.70 bits per heavy atom. The zero-order valence-corrected chi connectivity index (χ0v) is 14.2. The third-order valence-electron chi connectivity index (χ3n) is 4.39. The molecule has 0 bridgehead atoms. The van der Waals surface area contributed by atoms with Crippen LogP contribution in [0.5, 0.6) is 0 Å². The molecule has 0 aliphatic heterocycles. The lowest BCUT2D eigenvalue weighted by Crippen LogP contribution is -2.24. The maximum atomic E-state index is 12.8. The summed E-state index contributed by atoms with van der Waals surface area (Å²) in [5.41, 5.74) is -1.12. The van der Waals surface area contributed by atoms with Gasteiger partial charge in [0.2, 0.25) is 0 Å². The maximum Gasteiger partial charge on any atom is 0.417 e. The summed E-state index contributed by atoms with van der Waals surface area (Å²) in [6.45, 7) is 0.422. The molecule has 1 aliphatic carbocycles. The van der Waals surface area contributed by atoms with Gasteiger partial charge in [0.05, 0.1) is 23.6 Å². The Labute approximate surface area is 153 Å². The van der Waals surface area contributed by atoms with E-state index in [2.05, 4.69) is 25.6 Å². The standard InChI is InChI=1S/C17H18F3N5O2/c18-17(19,20)11-6-12(9-21-8-11)25-16(27)14-15(23-5-4-22-14)24-7-10-2-1-3-13(10)26/h4-6,8-10,13,26H,1-3,7H2,(H,23,24)(H,25,27)/t10-,13-/m0/s1. The summed E-state index contributed by atoms with van der Waals surface area (Å²) >= 11 is 0. The average molecular weight is 381 g/mol. The number of halogens is 3. The van der Waals surface area contributed by atoms with Gasteiger partial charge < -0.3 is 15.7 Å². The van der Waals surface area contributed by atoms with Crippen LogP contribution in [0.4, 0.5) is 24.7 Å². The van der Waals surface area contributed by atoms with E-state index in [-0.39, 0.29) is 23.1 Å². The van der Waals surface area contributed by atoms with Crippen LogP contribution in [0, 0.1) is 5.92 Å². The van der Waals surface area contributed by atoms with E-state index in [0.29, 0.717) is 12.7 Å². The topological polar surface area (TPSA) is 100 Å². The molecule has 1 fully saturated rings. The minimum absolute atomic E-state index is 0.0515. The van der Waals surface area contributed by atoms with Crippen molar-refractivity contribution in [3.8, 4) is 0 Å². The van der Waals surface area contributed by atoms with Crippen LogP contribution in [0.2, 0.25) is 0 Å². The molecule has 0 aromatic carbocycles. The number of aliphatic hydroxyl groups is 1. The number of amides is 1. The first-order chi connectivity index (χ1) is 12.8. The number of aromatic nitrogens is 3. The molecule has 0 spiro atoms. The van der Waals surface area contributed by atoms with Gasteiger partial charge in [-0.15, -0.1) is 0 Å². The van der Waals surface area contributed by atoms with Crippen LogP contribution in [0.3, 0.4) is 0 Å². The first kappa shape index (κ1) is 19.0. The van der Waals surface area contributed by atoms with Gasteiger partial charge in [-0.25, -0.2) is 9.97 Å². The van der Waals surface area contributed by atoms with Gasteiger partial charge in [-0.2, -0.15) is 13.2 Å². The monoisotopic (exact) mass is 381 g/mol. The van der Waals surface area contributed by atoms with E-state index in [1.165, 1.54) is 12.4 Å². The van der Waals surface area contributed by atoms with E-state index < -0.39 is 23.8 Å². The van der Waals surface area contributed by atoms with E-state index in [4.69, 9.17) is 0 Å². The summed E-state index contributed by atoms with van der Waals surface area (Å²) in [5.74, 6) is -0.455. The number of carbonyl (C=O) groups is 1. The van der Waals surface area contributed by atoms with Crippen LogP contribution >= 0.6 is 0 Å². The molecule has 3 N–H and O–H groups in total. The van der Waals surface area contributed by atoms with Gasteiger partial charge in [0.25, 0.3) is 5.91 Å². The zero-order chi connectivity index (χ0) is 19.4. The fourth-order valence-corrected chi connectivity index (χ4v) is 2.97. The normalized spacial score (nSPS) is 19.7. The summed E-state index contributed by atoms with van der Waals surface area (Å²) in [7, 11) is 0. The van der Waals surface area contributed by atoms with Crippen molar-refractivity contribution in [2.24, 2.45) is 5.92 Å². The minimum Gasteiger partial charge on any atom is -0.393 e. The van der Waals surface area contributed by atoms with E-state index in [0.717, 1.165) is 31.5 Å². The zero-order valence-electron chi connectivity index (χ0n) is 14.2. The number of nitrogens with zero attached hydrogens (tertiary/aromatic N) is 3. The molecule has 2 heterocycles. The Morgan fingerprint density at radius 1 is 1.22 bits per heavy atom. The number of hydrogen-bond acceptors (Lipinski definition) is 6. The summed E-state index contributed by atoms with van der Waals surface area (Å²) in [5, 5.41) is 15.2. The van der Waals surface area contributed by atoms with Crippen LogP contribution in [0.1, 0.15) is 35.3 Å². The second kappa shape index (κ2) is 7.87. The number of hydrogen-bond donors (Lipinski definition) is 3. The van der Waals surface area contributed by atoms with Gasteiger partial charge in [-0.1, -0.05) is 6.42 Å². The predicted molar refractivity (Wildman–Crippen MR) is 91.1 cm³/mol. The van der Waals surface area contributed by atoms with Crippen molar-refractivity contribution >= 4 is 17.4 Å². The maximum absolute atomic E-state index is 12.8. The lowest BCUT2D eigenvalue weighted by atomic mass is 10.1. The van der Waals surface area contributed by atoms with E-state index in [1.54, 1.807) is 0 Å². The average Bonchev–Trinajstić information content (AvgIpc) is 3.04. The molecule has 7 nitrogen and oxygen atoms in total. The molecule has 0 unspecified atom stereocenters. The fraction of sp³-hybridized carbons (Fsp3) is 0.412. The summed E-state index contributed by atoms with van der Waals surface area (Å²) < 4.78 is 38.3. The number of aliphatic hydroxyl groups excluding tert-OH is 1. The number of anilines is 2. The summed E-state index contributed by atoms with van der Waals surface area (Å²) in [4.78, 5) is 24.0. The third-order valence-corrected chi connectivity index (χ3v) is 4.39. The van der Waals surface area contributed by atoms with E-state index >= 15 is 0 Å². The van der Waals surface area contributed by atoms with Crippen molar-refractivity contribution < 1.29 is 23.1 Å². The van der Waals surface area contributed by atoms with Gasteiger partial charge in [-0.05, 0) is 18.9 Å². The highest BCUT2D eigenvalue weighted by molar-refractivity contribution is 6.05. The van der Waals surface area contributed by atoms with Crippen molar-refractivity contribution in [1.29, 1.82) is 0 Å². The number of rotatable bonds is 5. The van der Waals surface area contributed by atoms with Gasteiger partial charge >= 0.3 is 6.18 Å². The highest BCUT2D eigenvalue weighted by Crippen LogP contribution is 2.30. The Hall–Kier alpha value is -2.75. The van der Waals surface area contributed by atoms with Crippen LogP contribution in [0.15, 0.2) is 30.9 Å². The third kappa shape index (κ3) is 4.70. The molecule has 1 saturated carbocycles. The molecule has 10 heteroatoms. The van der Waals surface area contributed by atoms with Gasteiger partial charge in [0.1, 0.15) is 0 Å². The smallest absolute Gasteiger partial charge is 0.393 e. The first-order valence-corrected chi connectivity index (χ1v) is 8.41. The highest BCUT2D eigenvalue weighted by Gasteiger charge is 2.31. The molecule has 1 aliphatic rings. The summed E-state index contributed by atoms with van der Waals surface area (Å²) in [6.07, 6.45) is 2.09. The van der Waals surface area contributed by atoms with Crippen molar-refractivity contribution in [1.82, 2.24) is 15.0 Å². The lowest BCUT2D eigenvalue weighted by molar-refractivity contribution is -0.137. The molecule has 0 saturated heterocycles. The highest BCUT2D eigenvalue weighted by atomic mass is 19.4. The van der Waals surface area contributed by atoms with Crippen LogP contribution < -0.4 is 10.6 Å². The molecule has 144 valence electrons. The largest absolute Gasteiger partial charge is 0.417 e. The molecule has 0 radical (unpaired) electrons. The number of alkyl halides is 3. The van der Waals surface area contributed by atoms with Crippen molar-refractivity contribution in [2.75, 3.05) is 17.2 Å². The quantitative estimate of drug-likeness (QED) is 0.736. The molecule has 2 aromatic heterocycles. The lowest BCUT2D eigenvalue weighted by Gasteiger charge is -2.16. The Kier molecular flexibility index (Phi) is 5.54. The second-order valence-electron chi connectivity index (χ2n) is 6.31. The van der Waals surface area contributed by atoms with Gasteiger partial charge in [0, 0.05) is 31.1 Å². The molecule has 3 rings (SSSR count). The number of nitrogens with one attached hydrogen (secondary N) is 2. The van der Waals surface area contributed by atoms with Crippen LogP contribution in [0.25, 0.3) is 0 Å². The summed E-state index contributed by atoms with van der Waals surface area (Å²) in [6, 6.07) is 0.795. The first-order valence-electron chi connectivity index (χ1n) is 8.41. The molecule has 1 amide bonds. The van der Waals surface area contributed by atoms with Crippen LogP contribution in [-0.4, -0.2) is 38.6 Å². The molecular weight excluding hydrogens is 363 g/mol. The van der Waals surface area contributed by atoms with Crippen molar-refractivity contribution in [3.05, 3.63) is 42.1 Å². The van der Waals surface area contributed by atoms with E-state index in [1.807, 2.05) is 0 Å². The molecule has 2 atom stereocenters. The fourth-order valence-electron chi connectivity index (χ4n) is 2.97. The number of carbonyl (C=O) groups excluding carboxylic acids is 1. The predicted octanol–water partition coefficient (Wildman–Crippen LogP) is 2.72. The SMILES string of the molecule is O=C(Nc1cncc(C(F)(F)F)c1)c1nccnc1NC[C@@H]1CCC[C@@H]1O. The van der Waals surface area contributed by atoms with Gasteiger partial charge in [0.15, 0.2) is 11.5 Å². The Morgan fingerprint density at radius 2 is 2.00 bits per heavy atom.